The minimum Gasteiger partial charge on any atom is -0.455 e. The second-order valence-corrected chi connectivity index (χ2v) is 17.5. The molecule has 0 spiro atoms. The molecule has 0 N–H and O–H groups in total. The van der Waals surface area contributed by atoms with Crippen LogP contribution in [-0.2, 0) is 0 Å². The van der Waals surface area contributed by atoms with Crippen LogP contribution in [0.1, 0.15) is 0 Å². The highest BCUT2D eigenvalue weighted by atomic mass is 32.1. The quantitative estimate of drug-likeness (QED) is 0.160. The molecule has 4 heteroatoms. The summed E-state index contributed by atoms with van der Waals surface area (Å²) in [6.45, 7) is 0. The van der Waals surface area contributed by atoms with Gasteiger partial charge in [0.25, 0.3) is 0 Å². The van der Waals surface area contributed by atoms with E-state index in [9.17, 15) is 0 Å². The summed E-state index contributed by atoms with van der Waals surface area (Å²) < 4.78 is 15.4. The number of furan rings is 2. The first-order valence-electron chi connectivity index (χ1n) is 21.6. The Bertz CT molecular complexity index is 3880. The summed E-state index contributed by atoms with van der Waals surface area (Å²) in [7, 11) is 0. The zero-order chi connectivity index (χ0) is 42.1. The number of fused-ring (bicyclic) bond motifs is 9. The van der Waals surface area contributed by atoms with Crippen molar-refractivity contribution in [3.8, 4) is 44.5 Å². The van der Waals surface area contributed by atoms with Gasteiger partial charge in [-0.05, 0) is 106 Å². The average molecular weight is 836 g/mol. The molecule has 0 aliphatic rings. The molecule has 3 aromatic heterocycles. The van der Waals surface area contributed by atoms with Crippen LogP contribution in [0, 0.1) is 0 Å². The molecular formula is C60H37NO2S. The molecule has 0 saturated heterocycles. The van der Waals surface area contributed by atoms with E-state index in [1.807, 2.05) is 35.6 Å². The molecule has 0 radical (unpaired) electrons. The third-order valence-corrected chi connectivity index (χ3v) is 13.9. The normalized spacial score (nSPS) is 11.8. The van der Waals surface area contributed by atoms with E-state index in [0.29, 0.717) is 0 Å². The molecule has 3 heterocycles. The minimum absolute atomic E-state index is 0.904. The largest absolute Gasteiger partial charge is 0.455 e. The first kappa shape index (κ1) is 36.5. The lowest BCUT2D eigenvalue weighted by Crippen LogP contribution is -2.09. The third kappa shape index (κ3) is 6.03. The van der Waals surface area contributed by atoms with Gasteiger partial charge in [0, 0.05) is 69.9 Å². The summed E-state index contributed by atoms with van der Waals surface area (Å²) in [5.41, 5.74) is 16.1. The Kier molecular flexibility index (Phi) is 8.40. The second-order valence-electron chi connectivity index (χ2n) is 16.4. The molecule has 13 aromatic rings. The van der Waals surface area contributed by atoms with Crippen LogP contribution < -0.4 is 4.90 Å². The van der Waals surface area contributed by atoms with E-state index in [1.54, 1.807) is 0 Å². The van der Waals surface area contributed by atoms with Crippen molar-refractivity contribution in [2.75, 3.05) is 4.90 Å². The Labute approximate surface area is 373 Å². The van der Waals surface area contributed by atoms with Crippen LogP contribution in [0.15, 0.2) is 233 Å². The summed E-state index contributed by atoms with van der Waals surface area (Å²) >= 11 is 1.84. The smallest absolute Gasteiger partial charge is 0.143 e. The van der Waals surface area contributed by atoms with Crippen molar-refractivity contribution in [1.29, 1.82) is 0 Å². The molecule has 13 rings (SSSR count). The van der Waals surface area contributed by atoms with Gasteiger partial charge in [0.05, 0.1) is 0 Å². The minimum atomic E-state index is 0.904. The van der Waals surface area contributed by atoms with Crippen molar-refractivity contribution in [3.05, 3.63) is 224 Å². The van der Waals surface area contributed by atoms with Gasteiger partial charge in [-0.2, -0.15) is 0 Å². The van der Waals surface area contributed by atoms with Gasteiger partial charge in [0.1, 0.15) is 22.3 Å². The number of para-hydroxylation sites is 4. The van der Waals surface area contributed by atoms with Gasteiger partial charge < -0.3 is 13.7 Å². The van der Waals surface area contributed by atoms with Gasteiger partial charge >= 0.3 is 0 Å². The van der Waals surface area contributed by atoms with Crippen LogP contribution in [-0.4, -0.2) is 0 Å². The van der Waals surface area contributed by atoms with Crippen LogP contribution >= 0.6 is 11.3 Å². The van der Waals surface area contributed by atoms with Gasteiger partial charge in [0.2, 0.25) is 0 Å². The lowest BCUT2D eigenvalue weighted by atomic mass is 9.99. The van der Waals surface area contributed by atoms with E-state index in [1.165, 1.54) is 42.4 Å². The predicted octanol–water partition coefficient (Wildman–Crippen LogP) is 18.0. The highest BCUT2D eigenvalue weighted by Crippen LogP contribution is 2.43. The van der Waals surface area contributed by atoms with Gasteiger partial charge in [0.15, 0.2) is 0 Å². The van der Waals surface area contributed by atoms with E-state index in [2.05, 4.69) is 205 Å². The maximum atomic E-state index is 6.45. The predicted molar refractivity (Wildman–Crippen MR) is 270 cm³/mol. The Balaban J connectivity index is 0.868. The molecule has 0 fully saturated rings. The molecule has 0 aliphatic carbocycles. The monoisotopic (exact) mass is 835 g/mol. The van der Waals surface area contributed by atoms with Crippen LogP contribution in [0.2, 0.25) is 0 Å². The Morgan fingerprint density at radius 1 is 0.281 bits per heavy atom. The van der Waals surface area contributed by atoms with Gasteiger partial charge in [-0.15, -0.1) is 11.3 Å². The first-order chi connectivity index (χ1) is 31.7. The molecule has 10 aromatic carbocycles. The number of rotatable bonds is 7. The number of anilines is 3. The average Bonchev–Trinajstić information content (AvgIpc) is 4.06. The van der Waals surface area contributed by atoms with E-state index < -0.39 is 0 Å². The summed E-state index contributed by atoms with van der Waals surface area (Å²) in [6, 6.07) is 80.4. The number of nitrogens with zero attached hydrogens (tertiary/aromatic N) is 1. The molecule has 0 bridgehead atoms. The third-order valence-electron chi connectivity index (χ3n) is 12.7. The number of hydrogen-bond acceptors (Lipinski definition) is 4. The zero-order valence-electron chi connectivity index (χ0n) is 34.5. The standard InChI is InChI=1S/C60H37NO2S/c1-2-10-38(11-3-1)39-20-28-44(29-21-39)61(46-32-24-41(25-33-46)47-14-8-16-51-49-12-4-6-18-55(49)62-59(47)51)45-30-22-40(23-31-45)42-26-34-57-53(36-42)54-37-43(27-35-58(54)64-57)48-15-9-17-52-50-13-5-7-19-56(50)63-60(48)52/h1-37H. The van der Waals surface area contributed by atoms with Crippen LogP contribution in [0.4, 0.5) is 17.1 Å². The molecule has 0 saturated carbocycles. The highest BCUT2D eigenvalue weighted by Gasteiger charge is 2.18. The van der Waals surface area contributed by atoms with Crippen molar-refractivity contribution in [3.63, 3.8) is 0 Å². The maximum Gasteiger partial charge on any atom is 0.143 e. The van der Waals surface area contributed by atoms with Crippen molar-refractivity contribution in [2.45, 2.75) is 0 Å². The van der Waals surface area contributed by atoms with Crippen LogP contribution in [0.5, 0.6) is 0 Å². The first-order valence-corrected chi connectivity index (χ1v) is 22.5. The molecule has 0 unspecified atom stereocenters. The number of benzene rings is 10. The lowest BCUT2D eigenvalue weighted by molar-refractivity contribution is 0.669. The summed E-state index contributed by atoms with van der Waals surface area (Å²) in [5.74, 6) is 0. The SMILES string of the molecule is c1ccc(-c2ccc(N(c3ccc(-c4ccc5sc6ccc(-c7cccc8c7oc7ccccc78)cc6c5c4)cc3)c3ccc(-c4cccc5c4oc4ccccc45)cc3)cc2)cc1. The zero-order valence-corrected chi connectivity index (χ0v) is 35.4. The topological polar surface area (TPSA) is 29.5 Å². The highest BCUT2D eigenvalue weighted by molar-refractivity contribution is 7.25. The molecule has 3 nitrogen and oxygen atoms in total. The van der Waals surface area contributed by atoms with Crippen molar-refractivity contribution >= 4 is 92.4 Å². The summed E-state index contributed by atoms with van der Waals surface area (Å²) in [4.78, 5) is 2.34. The van der Waals surface area contributed by atoms with Gasteiger partial charge in [-0.1, -0.05) is 152 Å². The summed E-state index contributed by atoms with van der Waals surface area (Å²) in [5, 5.41) is 7.08. The molecule has 300 valence electrons. The van der Waals surface area contributed by atoms with E-state index in [-0.39, 0.29) is 0 Å². The van der Waals surface area contributed by atoms with Crippen molar-refractivity contribution in [1.82, 2.24) is 0 Å². The second kappa shape index (κ2) is 14.7. The fourth-order valence-electron chi connectivity index (χ4n) is 9.55. The fraction of sp³-hybridized carbons (Fsp3) is 0. The molecule has 0 amide bonds. The Morgan fingerprint density at radius 2 is 0.688 bits per heavy atom. The fourth-order valence-corrected chi connectivity index (χ4v) is 10.6. The maximum absolute atomic E-state index is 6.45. The van der Waals surface area contributed by atoms with Crippen molar-refractivity contribution in [2.24, 2.45) is 0 Å². The van der Waals surface area contributed by atoms with Crippen molar-refractivity contribution < 1.29 is 8.83 Å². The van der Waals surface area contributed by atoms with Gasteiger partial charge in [-0.3, -0.25) is 0 Å². The molecule has 64 heavy (non-hydrogen) atoms. The Hall–Kier alpha value is -8.18. The van der Waals surface area contributed by atoms with Crippen LogP contribution in [0.3, 0.4) is 0 Å². The molecular weight excluding hydrogens is 799 g/mol. The summed E-state index contributed by atoms with van der Waals surface area (Å²) in [6.07, 6.45) is 0. The molecule has 0 aliphatic heterocycles. The van der Waals surface area contributed by atoms with E-state index in [0.717, 1.165) is 83.2 Å². The lowest BCUT2D eigenvalue weighted by Gasteiger charge is -2.26. The Morgan fingerprint density at radius 3 is 1.25 bits per heavy atom. The van der Waals surface area contributed by atoms with E-state index in [4.69, 9.17) is 8.83 Å². The van der Waals surface area contributed by atoms with E-state index >= 15 is 0 Å². The van der Waals surface area contributed by atoms with Crippen LogP contribution in [0.25, 0.3) is 109 Å². The number of thiophene rings is 1. The molecule has 0 atom stereocenters. The number of hydrogen-bond donors (Lipinski definition) is 0. The van der Waals surface area contributed by atoms with Gasteiger partial charge in [-0.25, -0.2) is 0 Å².